The molecule has 1 aliphatic rings. The van der Waals surface area contributed by atoms with Crippen LogP contribution in [0.25, 0.3) is 5.57 Å². The number of pyridine rings is 1. The normalized spacial score (nSPS) is 13.6. The van der Waals surface area contributed by atoms with E-state index in [1.807, 2.05) is 38.1 Å². The predicted octanol–water partition coefficient (Wildman–Crippen LogP) is 4.70. The number of nitrogens with one attached hydrogen (secondary N) is 1. The van der Waals surface area contributed by atoms with Gasteiger partial charge in [0, 0.05) is 36.7 Å². The maximum Gasteiger partial charge on any atom is 0.410 e. The fourth-order valence-corrected chi connectivity index (χ4v) is 3.25. The molecule has 2 heterocycles. The maximum atomic E-state index is 12.4. The molecule has 0 spiro atoms. The van der Waals surface area contributed by atoms with Crippen LogP contribution in [0.3, 0.4) is 0 Å². The number of nitrogens with zero attached hydrogens (tertiary/aromatic N) is 2. The smallest absolute Gasteiger partial charge is 0.410 e. The summed E-state index contributed by atoms with van der Waals surface area (Å²) in [6.07, 6.45) is 3.84. The second kappa shape index (κ2) is 10.1. The molecule has 0 unspecified atom stereocenters. The van der Waals surface area contributed by atoms with Gasteiger partial charge in [0.15, 0.2) is 0 Å². The van der Waals surface area contributed by atoms with Gasteiger partial charge in [-0.25, -0.2) is 4.79 Å². The second-order valence-electron chi connectivity index (χ2n) is 6.85. The molecule has 1 aromatic carbocycles. The monoisotopic (exact) mass is 415 g/mol. The number of ether oxygens (including phenoxy) is 1. The van der Waals surface area contributed by atoms with E-state index in [-0.39, 0.29) is 24.4 Å². The molecular formula is C22H26ClN3O3. The van der Waals surface area contributed by atoms with Crippen molar-refractivity contribution in [1.82, 2.24) is 9.88 Å². The van der Waals surface area contributed by atoms with Crippen LogP contribution in [0.4, 0.5) is 10.5 Å². The van der Waals surface area contributed by atoms with Crippen LogP contribution >= 0.6 is 12.4 Å². The Morgan fingerprint density at radius 3 is 2.55 bits per heavy atom. The first-order valence-corrected chi connectivity index (χ1v) is 9.42. The number of amides is 2. The van der Waals surface area contributed by atoms with Crippen molar-refractivity contribution in [2.75, 3.05) is 25.0 Å². The summed E-state index contributed by atoms with van der Waals surface area (Å²) >= 11 is 0. The number of benzene rings is 1. The van der Waals surface area contributed by atoms with E-state index in [1.54, 1.807) is 23.4 Å². The minimum absolute atomic E-state index is 0. The second-order valence-corrected chi connectivity index (χ2v) is 6.85. The number of rotatable bonds is 4. The van der Waals surface area contributed by atoms with Gasteiger partial charge in [0.25, 0.3) is 5.91 Å². The van der Waals surface area contributed by atoms with Crippen molar-refractivity contribution in [2.45, 2.75) is 27.2 Å². The van der Waals surface area contributed by atoms with Crippen LogP contribution in [0.1, 0.15) is 41.8 Å². The highest BCUT2D eigenvalue weighted by molar-refractivity contribution is 6.05. The SMILES string of the molecule is CCOC(=O)N1CCC(C)=C(c2ccc(NC(=O)c3ccncc3C)cc2)C1.Cl. The highest BCUT2D eigenvalue weighted by atomic mass is 35.5. The molecule has 0 fully saturated rings. The lowest BCUT2D eigenvalue weighted by Crippen LogP contribution is -2.36. The van der Waals surface area contributed by atoms with E-state index in [4.69, 9.17) is 4.74 Å². The van der Waals surface area contributed by atoms with Gasteiger partial charge in [0.1, 0.15) is 0 Å². The molecule has 2 amide bonds. The van der Waals surface area contributed by atoms with Crippen molar-refractivity contribution in [3.8, 4) is 0 Å². The number of carbonyl (C=O) groups is 2. The Bertz CT molecular complexity index is 910. The molecule has 2 aromatic rings. The lowest BCUT2D eigenvalue weighted by atomic mass is 9.95. The molecule has 0 aliphatic carbocycles. The van der Waals surface area contributed by atoms with Gasteiger partial charge in [-0.1, -0.05) is 17.7 Å². The Kier molecular flexibility index (Phi) is 7.79. The van der Waals surface area contributed by atoms with Crippen molar-refractivity contribution >= 4 is 35.7 Å². The zero-order valence-corrected chi connectivity index (χ0v) is 17.7. The van der Waals surface area contributed by atoms with Gasteiger partial charge in [-0.15, -0.1) is 12.4 Å². The van der Waals surface area contributed by atoms with Crippen molar-refractivity contribution in [3.05, 3.63) is 65.0 Å². The first-order valence-electron chi connectivity index (χ1n) is 9.42. The summed E-state index contributed by atoms with van der Waals surface area (Å²) in [7, 11) is 0. The van der Waals surface area contributed by atoms with Crippen LogP contribution in [-0.2, 0) is 4.74 Å². The van der Waals surface area contributed by atoms with E-state index in [0.29, 0.717) is 25.3 Å². The minimum atomic E-state index is -0.274. The molecule has 154 valence electrons. The maximum absolute atomic E-state index is 12.4. The van der Waals surface area contributed by atoms with Gasteiger partial charge < -0.3 is 15.0 Å². The molecule has 0 bridgehead atoms. The van der Waals surface area contributed by atoms with Crippen LogP contribution in [0.5, 0.6) is 0 Å². The van der Waals surface area contributed by atoms with Crippen LogP contribution in [0.2, 0.25) is 0 Å². The van der Waals surface area contributed by atoms with E-state index < -0.39 is 0 Å². The number of hydrogen-bond acceptors (Lipinski definition) is 4. The summed E-state index contributed by atoms with van der Waals surface area (Å²) in [5.41, 5.74) is 5.60. The lowest BCUT2D eigenvalue weighted by Gasteiger charge is -2.29. The Morgan fingerprint density at radius 2 is 1.90 bits per heavy atom. The summed E-state index contributed by atoms with van der Waals surface area (Å²) in [5, 5.41) is 2.92. The number of anilines is 1. The molecule has 0 saturated carbocycles. The van der Waals surface area contributed by atoms with Crippen LogP contribution in [0, 0.1) is 6.92 Å². The summed E-state index contributed by atoms with van der Waals surface area (Å²) in [6.45, 7) is 7.35. The number of hydrogen-bond donors (Lipinski definition) is 1. The third-order valence-corrected chi connectivity index (χ3v) is 4.90. The molecule has 6 nitrogen and oxygen atoms in total. The van der Waals surface area contributed by atoms with Gasteiger partial charge >= 0.3 is 6.09 Å². The van der Waals surface area contributed by atoms with E-state index in [0.717, 1.165) is 28.8 Å². The number of carbonyl (C=O) groups excluding carboxylic acids is 2. The number of halogens is 1. The topological polar surface area (TPSA) is 71.5 Å². The van der Waals surface area contributed by atoms with Gasteiger partial charge in [-0.3, -0.25) is 9.78 Å². The molecule has 1 N–H and O–H groups in total. The fraction of sp³-hybridized carbons (Fsp3) is 0.318. The first-order chi connectivity index (χ1) is 13.5. The Labute approximate surface area is 177 Å². The van der Waals surface area contributed by atoms with Crippen molar-refractivity contribution in [3.63, 3.8) is 0 Å². The molecule has 3 rings (SSSR count). The summed E-state index contributed by atoms with van der Waals surface area (Å²) in [6, 6.07) is 9.42. The quantitative estimate of drug-likeness (QED) is 0.785. The molecular weight excluding hydrogens is 390 g/mol. The standard InChI is InChI=1S/C22H25N3O3.ClH/c1-4-28-22(27)25-12-10-15(2)20(14-25)17-5-7-18(8-6-17)24-21(26)19-9-11-23-13-16(19)3;/h5-9,11,13H,4,10,12,14H2,1-3H3,(H,24,26);1H. The van der Waals surface area contributed by atoms with Crippen LogP contribution in [-0.4, -0.2) is 41.6 Å². The Balaban J connectivity index is 0.00000300. The molecule has 7 heteroatoms. The average molecular weight is 416 g/mol. The molecule has 1 aromatic heterocycles. The number of aromatic nitrogens is 1. The molecule has 0 saturated heterocycles. The fourth-order valence-electron chi connectivity index (χ4n) is 3.25. The third kappa shape index (κ3) is 5.35. The Morgan fingerprint density at radius 1 is 1.17 bits per heavy atom. The van der Waals surface area contributed by atoms with Gasteiger partial charge in [-0.05, 0) is 62.1 Å². The minimum Gasteiger partial charge on any atom is -0.450 e. The molecule has 0 atom stereocenters. The van der Waals surface area contributed by atoms with Crippen molar-refractivity contribution < 1.29 is 14.3 Å². The largest absolute Gasteiger partial charge is 0.450 e. The van der Waals surface area contributed by atoms with E-state index in [1.165, 1.54) is 5.57 Å². The van der Waals surface area contributed by atoms with Crippen LogP contribution in [0.15, 0.2) is 48.3 Å². The zero-order valence-electron chi connectivity index (χ0n) is 16.9. The predicted molar refractivity (Wildman–Crippen MR) is 116 cm³/mol. The van der Waals surface area contributed by atoms with E-state index >= 15 is 0 Å². The van der Waals surface area contributed by atoms with E-state index in [2.05, 4.69) is 17.2 Å². The molecule has 1 aliphatic heterocycles. The van der Waals surface area contributed by atoms with Gasteiger partial charge in [-0.2, -0.15) is 0 Å². The van der Waals surface area contributed by atoms with Crippen molar-refractivity contribution in [2.24, 2.45) is 0 Å². The van der Waals surface area contributed by atoms with Crippen LogP contribution < -0.4 is 5.32 Å². The van der Waals surface area contributed by atoms with Crippen molar-refractivity contribution in [1.29, 1.82) is 0 Å². The number of aryl methyl sites for hydroxylation is 1. The highest BCUT2D eigenvalue weighted by Gasteiger charge is 2.22. The highest BCUT2D eigenvalue weighted by Crippen LogP contribution is 2.28. The molecule has 29 heavy (non-hydrogen) atoms. The lowest BCUT2D eigenvalue weighted by molar-refractivity contribution is 0.102. The third-order valence-electron chi connectivity index (χ3n) is 4.90. The van der Waals surface area contributed by atoms with Gasteiger partial charge in [0.2, 0.25) is 0 Å². The van der Waals surface area contributed by atoms with Gasteiger partial charge in [0.05, 0.1) is 6.61 Å². The summed E-state index contributed by atoms with van der Waals surface area (Å²) < 4.78 is 5.13. The molecule has 0 radical (unpaired) electrons. The summed E-state index contributed by atoms with van der Waals surface area (Å²) in [4.78, 5) is 30.2. The van der Waals surface area contributed by atoms with E-state index in [9.17, 15) is 9.59 Å². The summed E-state index contributed by atoms with van der Waals surface area (Å²) in [5.74, 6) is -0.158. The zero-order chi connectivity index (χ0) is 20.1. The Hall–Kier alpha value is -2.86. The average Bonchev–Trinajstić information content (AvgIpc) is 2.69. The first kappa shape index (κ1) is 22.4.